The van der Waals surface area contributed by atoms with Crippen LogP contribution in [-0.4, -0.2) is 16.1 Å². The molecule has 0 spiro atoms. The summed E-state index contributed by atoms with van der Waals surface area (Å²) in [5.41, 5.74) is 2.16. The molecule has 2 heterocycles. The van der Waals surface area contributed by atoms with Gasteiger partial charge in [0, 0.05) is 10.6 Å². The number of hydrogen-bond acceptors (Lipinski definition) is 3. The lowest BCUT2D eigenvalue weighted by molar-refractivity contribution is -0.115. The quantitative estimate of drug-likeness (QED) is 0.912. The molecule has 19 heavy (non-hydrogen) atoms. The van der Waals surface area contributed by atoms with Gasteiger partial charge in [-0.05, 0) is 37.1 Å². The van der Waals surface area contributed by atoms with Crippen molar-refractivity contribution in [3.8, 4) is 0 Å². The van der Waals surface area contributed by atoms with Crippen LogP contribution in [0.4, 0.5) is 5.82 Å². The van der Waals surface area contributed by atoms with Crippen LogP contribution in [0.3, 0.4) is 0 Å². The normalized spacial score (nSPS) is 17.0. The van der Waals surface area contributed by atoms with E-state index >= 15 is 0 Å². The van der Waals surface area contributed by atoms with Crippen molar-refractivity contribution in [2.75, 3.05) is 5.32 Å². The minimum Gasteiger partial charge on any atom is -0.310 e. The lowest BCUT2D eigenvalue weighted by Crippen LogP contribution is -2.25. The molecule has 4 heteroatoms. The van der Waals surface area contributed by atoms with Crippen molar-refractivity contribution in [2.24, 2.45) is 0 Å². The molecule has 0 radical (unpaired) electrons. The zero-order valence-corrected chi connectivity index (χ0v) is 11.4. The van der Waals surface area contributed by atoms with Crippen LogP contribution < -0.4 is 5.32 Å². The summed E-state index contributed by atoms with van der Waals surface area (Å²) in [6.07, 6.45) is 0.790. The number of amides is 1. The van der Waals surface area contributed by atoms with E-state index in [0.29, 0.717) is 5.82 Å². The second kappa shape index (κ2) is 5.05. The maximum absolute atomic E-state index is 12.2. The van der Waals surface area contributed by atoms with Crippen molar-refractivity contribution in [1.82, 2.24) is 4.98 Å². The number of rotatable bonds is 2. The van der Waals surface area contributed by atoms with E-state index in [0.717, 1.165) is 12.1 Å². The number of benzene rings is 1. The lowest BCUT2D eigenvalue weighted by Gasteiger charge is -2.09. The average molecular weight is 270 g/mol. The third-order valence-electron chi connectivity index (χ3n) is 3.08. The second-order valence-corrected chi connectivity index (χ2v) is 5.82. The minimum atomic E-state index is -0.0558. The average Bonchev–Trinajstić information content (AvgIpc) is 2.82. The van der Waals surface area contributed by atoms with Gasteiger partial charge in [0.05, 0.1) is 5.25 Å². The maximum Gasteiger partial charge on any atom is 0.239 e. The highest BCUT2D eigenvalue weighted by Crippen LogP contribution is 2.37. The number of nitrogens with zero attached hydrogens (tertiary/aromatic N) is 1. The Morgan fingerprint density at radius 2 is 2.11 bits per heavy atom. The van der Waals surface area contributed by atoms with Crippen LogP contribution in [0.1, 0.15) is 11.3 Å². The summed E-state index contributed by atoms with van der Waals surface area (Å²) >= 11 is 1.63. The molecule has 96 valence electrons. The fraction of sp³-hybridized carbons (Fsp3) is 0.200. The largest absolute Gasteiger partial charge is 0.310 e. The van der Waals surface area contributed by atoms with E-state index in [9.17, 15) is 4.79 Å². The number of fused-ring (bicyclic) bond motifs is 1. The van der Waals surface area contributed by atoms with Crippen LogP contribution in [0.5, 0.6) is 0 Å². The number of anilines is 1. The molecule has 1 N–H and O–H groups in total. The Hall–Kier alpha value is -1.81. The first-order chi connectivity index (χ1) is 9.22. The number of aromatic nitrogens is 1. The van der Waals surface area contributed by atoms with Gasteiger partial charge in [-0.15, -0.1) is 11.8 Å². The molecule has 1 aromatic carbocycles. The van der Waals surface area contributed by atoms with Gasteiger partial charge in [0.15, 0.2) is 0 Å². The maximum atomic E-state index is 12.2. The van der Waals surface area contributed by atoms with Crippen molar-refractivity contribution in [3.05, 3.63) is 53.7 Å². The molecule has 2 aromatic rings. The predicted molar refractivity (Wildman–Crippen MR) is 77.4 cm³/mol. The first-order valence-electron chi connectivity index (χ1n) is 6.21. The first-order valence-corrected chi connectivity index (χ1v) is 7.09. The van der Waals surface area contributed by atoms with Crippen LogP contribution in [0.2, 0.25) is 0 Å². The minimum absolute atomic E-state index is 0.0271. The Balaban J connectivity index is 1.70. The van der Waals surface area contributed by atoms with Crippen molar-refractivity contribution in [3.63, 3.8) is 0 Å². The topological polar surface area (TPSA) is 42.0 Å². The van der Waals surface area contributed by atoms with Crippen LogP contribution >= 0.6 is 11.8 Å². The summed E-state index contributed by atoms with van der Waals surface area (Å²) in [5, 5.41) is 2.83. The van der Waals surface area contributed by atoms with Crippen molar-refractivity contribution in [1.29, 1.82) is 0 Å². The fourth-order valence-corrected chi connectivity index (χ4v) is 3.34. The van der Waals surface area contributed by atoms with Crippen molar-refractivity contribution in [2.45, 2.75) is 23.5 Å². The molecule has 3 nitrogen and oxygen atoms in total. The molecule has 1 atom stereocenters. The van der Waals surface area contributed by atoms with Crippen LogP contribution in [0, 0.1) is 6.92 Å². The van der Waals surface area contributed by atoms with Crippen molar-refractivity contribution >= 4 is 23.5 Å². The molecule has 0 aliphatic carbocycles. The number of hydrogen-bond donors (Lipinski definition) is 1. The third-order valence-corrected chi connectivity index (χ3v) is 4.40. The molecule has 1 amide bonds. The monoisotopic (exact) mass is 270 g/mol. The second-order valence-electron chi connectivity index (χ2n) is 4.57. The molecule has 0 saturated carbocycles. The van der Waals surface area contributed by atoms with E-state index in [-0.39, 0.29) is 11.2 Å². The van der Waals surface area contributed by atoms with Gasteiger partial charge in [-0.25, -0.2) is 4.98 Å². The van der Waals surface area contributed by atoms with E-state index in [2.05, 4.69) is 22.4 Å². The van der Waals surface area contributed by atoms with Crippen LogP contribution in [-0.2, 0) is 11.2 Å². The summed E-state index contributed by atoms with van der Waals surface area (Å²) in [7, 11) is 0. The van der Waals surface area contributed by atoms with Gasteiger partial charge in [0.25, 0.3) is 0 Å². The third kappa shape index (κ3) is 2.63. The van der Waals surface area contributed by atoms with Gasteiger partial charge in [-0.1, -0.05) is 24.3 Å². The highest BCUT2D eigenvalue weighted by Gasteiger charge is 2.28. The summed E-state index contributed by atoms with van der Waals surface area (Å²) < 4.78 is 0. The molecule has 1 aliphatic rings. The SMILES string of the molecule is Cc1cccc(NC(=O)C2Cc3ccccc3S2)n1. The molecule has 3 rings (SSSR count). The van der Waals surface area contributed by atoms with Gasteiger partial charge < -0.3 is 5.32 Å². The number of thioether (sulfide) groups is 1. The molecule has 0 fully saturated rings. The molecular weight excluding hydrogens is 256 g/mol. The fourth-order valence-electron chi connectivity index (χ4n) is 2.15. The lowest BCUT2D eigenvalue weighted by atomic mass is 10.1. The molecule has 0 saturated heterocycles. The van der Waals surface area contributed by atoms with E-state index < -0.39 is 0 Å². The smallest absolute Gasteiger partial charge is 0.239 e. The summed E-state index contributed by atoms with van der Waals surface area (Å²) in [4.78, 5) is 17.7. The van der Waals surface area contributed by atoms with Gasteiger partial charge in [-0.2, -0.15) is 0 Å². The molecule has 0 bridgehead atoms. The summed E-state index contributed by atoms with van der Waals surface area (Å²) in [6, 6.07) is 13.8. The predicted octanol–water partition coefficient (Wildman–Crippen LogP) is 3.05. The number of carbonyl (C=O) groups is 1. The van der Waals surface area contributed by atoms with Gasteiger partial charge in [0.1, 0.15) is 5.82 Å². The van der Waals surface area contributed by atoms with Crippen LogP contribution in [0.15, 0.2) is 47.4 Å². The van der Waals surface area contributed by atoms with Gasteiger partial charge in [-0.3, -0.25) is 4.79 Å². The number of nitrogens with one attached hydrogen (secondary N) is 1. The Kier molecular flexibility index (Phi) is 3.25. The molecule has 1 unspecified atom stereocenters. The van der Waals surface area contributed by atoms with E-state index in [1.165, 1.54) is 10.5 Å². The highest BCUT2D eigenvalue weighted by atomic mass is 32.2. The Morgan fingerprint density at radius 1 is 1.26 bits per heavy atom. The van der Waals surface area contributed by atoms with E-state index in [4.69, 9.17) is 0 Å². The van der Waals surface area contributed by atoms with E-state index in [1.54, 1.807) is 11.8 Å². The molecular formula is C15H14N2OS. The first kappa shape index (κ1) is 12.2. The summed E-state index contributed by atoms with van der Waals surface area (Å²) in [6.45, 7) is 1.91. The van der Waals surface area contributed by atoms with Crippen molar-refractivity contribution < 1.29 is 4.79 Å². The molecule has 1 aromatic heterocycles. The molecule has 1 aliphatic heterocycles. The standard InChI is InChI=1S/C15H14N2OS/c1-10-5-4-8-14(16-10)17-15(18)13-9-11-6-2-3-7-12(11)19-13/h2-8,13H,9H2,1H3,(H,16,17,18). The Labute approximate surface area is 116 Å². The zero-order valence-electron chi connectivity index (χ0n) is 10.6. The number of pyridine rings is 1. The zero-order chi connectivity index (χ0) is 13.2. The van der Waals surface area contributed by atoms with Crippen LogP contribution in [0.25, 0.3) is 0 Å². The Morgan fingerprint density at radius 3 is 2.89 bits per heavy atom. The number of aryl methyl sites for hydroxylation is 1. The summed E-state index contributed by atoms with van der Waals surface area (Å²) in [5.74, 6) is 0.654. The number of carbonyl (C=O) groups excluding carboxylic acids is 1. The van der Waals surface area contributed by atoms with Gasteiger partial charge >= 0.3 is 0 Å². The Bertz CT molecular complexity index is 602. The van der Waals surface area contributed by atoms with E-state index in [1.807, 2.05) is 37.3 Å². The van der Waals surface area contributed by atoms with Gasteiger partial charge in [0.2, 0.25) is 5.91 Å². The highest BCUT2D eigenvalue weighted by molar-refractivity contribution is 8.01.